The molecule has 2 aliphatic rings. The molecule has 0 radical (unpaired) electrons. The van der Waals surface area contributed by atoms with Crippen LogP contribution in [0, 0.1) is 5.92 Å². The lowest BCUT2D eigenvalue weighted by molar-refractivity contribution is -0.137. The molecule has 4 rings (SSSR count). The standard InChI is InChI=1S/C21H21F5N4O2/c1-11(31)29-6-4-12-5-7-30(16(12)10-29)18-9-15(20(22)23)19(28-27-18)14-3-2-13(8-17(14)32)21(24,25)26/h2-3,8-9,12,16,20,32H,4-7,10H2,1H3/t12-,16-/m0/s1. The van der Waals surface area contributed by atoms with Gasteiger partial charge in [-0.05, 0) is 43.0 Å². The smallest absolute Gasteiger partial charge is 0.416 e. The van der Waals surface area contributed by atoms with Gasteiger partial charge in [0.2, 0.25) is 5.91 Å². The van der Waals surface area contributed by atoms with E-state index in [2.05, 4.69) is 10.2 Å². The molecule has 1 aromatic carbocycles. The van der Waals surface area contributed by atoms with Crippen molar-refractivity contribution in [3.8, 4) is 17.0 Å². The van der Waals surface area contributed by atoms with Crippen molar-refractivity contribution in [2.45, 2.75) is 38.4 Å². The highest BCUT2D eigenvalue weighted by Crippen LogP contribution is 2.40. The van der Waals surface area contributed by atoms with Crippen molar-refractivity contribution < 1.29 is 31.9 Å². The minimum Gasteiger partial charge on any atom is -0.507 e. The Kier molecular flexibility index (Phi) is 5.68. The third-order valence-electron chi connectivity index (χ3n) is 6.23. The van der Waals surface area contributed by atoms with Gasteiger partial charge in [-0.2, -0.15) is 13.2 Å². The van der Waals surface area contributed by atoms with Gasteiger partial charge >= 0.3 is 6.18 Å². The zero-order valence-corrected chi connectivity index (χ0v) is 17.1. The Labute approximate surface area is 180 Å². The first kappa shape index (κ1) is 22.2. The van der Waals surface area contributed by atoms with Crippen LogP contribution in [-0.2, 0) is 11.0 Å². The van der Waals surface area contributed by atoms with Gasteiger partial charge in [0, 0.05) is 37.7 Å². The molecule has 0 spiro atoms. The molecule has 1 N–H and O–H groups in total. The van der Waals surface area contributed by atoms with Crippen LogP contribution in [0.5, 0.6) is 5.75 Å². The first-order valence-corrected chi connectivity index (χ1v) is 10.1. The van der Waals surface area contributed by atoms with Gasteiger partial charge in [-0.3, -0.25) is 4.79 Å². The molecule has 2 atom stereocenters. The topological polar surface area (TPSA) is 69.6 Å². The van der Waals surface area contributed by atoms with E-state index >= 15 is 0 Å². The molecule has 2 saturated heterocycles. The van der Waals surface area contributed by atoms with Crippen LogP contribution in [0.3, 0.4) is 0 Å². The van der Waals surface area contributed by atoms with Crippen LogP contribution in [-0.4, -0.2) is 51.8 Å². The number of hydrogen-bond acceptors (Lipinski definition) is 5. The predicted octanol–water partition coefficient (Wildman–Crippen LogP) is 4.25. The molecule has 2 aliphatic heterocycles. The normalized spacial score (nSPS) is 21.2. The SMILES string of the molecule is CC(=O)N1CC[C@H]2CCN(c3cc(C(F)F)c(-c4ccc(C(F)(F)F)cc4O)nn3)[C@H]2C1. The summed E-state index contributed by atoms with van der Waals surface area (Å²) in [5.74, 6) is -0.341. The number of carbonyl (C=O) groups excluding carboxylic acids is 1. The molecule has 0 unspecified atom stereocenters. The summed E-state index contributed by atoms with van der Waals surface area (Å²) in [7, 11) is 0. The minimum atomic E-state index is -4.68. The Morgan fingerprint density at radius 1 is 1.16 bits per heavy atom. The highest BCUT2D eigenvalue weighted by molar-refractivity contribution is 5.74. The fourth-order valence-electron chi connectivity index (χ4n) is 4.53. The summed E-state index contributed by atoms with van der Waals surface area (Å²) in [6.07, 6.45) is -6.02. The molecule has 11 heteroatoms. The van der Waals surface area contributed by atoms with Crippen molar-refractivity contribution in [2.75, 3.05) is 24.5 Å². The van der Waals surface area contributed by atoms with E-state index in [1.165, 1.54) is 13.0 Å². The average molecular weight is 456 g/mol. The molecule has 32 heavy (non-hydrogen) atoms. The molecule has 1 amide bonds. The van der Waals surface area contributed by atoms with Crippen LogP contribution in [0.2, 0.25) is 0 Å². The van der Waals surface area contributed by atoms with E-state index in [-0.39, 0.29) is 29.0 Å². The van der Waals surface area contributed by atoms with E-state index in [1.807, 2.05) is 4.90 Å². The van der Waals surface area contributed by atoms with Crippen LogP contribution in [0.4, 0.5) is 27.8 Å². The Morgan fingerprint density at radius 2 is 1.88 bits per heavy atom. The number of rotatable bonds is 3. The lowest BCUT2D eigenvalue weighted by Gasteiger charge is -2.38. The number of fused-ring (bicyclic) bond motifs is 1. The molecule has 2 fully saturated rings. The Morgan fingerprint density at radius 3 is 2.50 bits per heavy atom. The molecule has 1 aromatic heterocycles. The number of piperidine rings is 1. The van der Waals surface area contributed by atoms with Crippen molar-refractivity contribution in [1.29, 1.82) is 0 Å². The summed E-state index contributed by atoms with van der Waals surface area (Å²) >= 11 is 0. The van der Waals surface area contributed by atoms with Crippen molar-refractivity contribution in [1.82, 2.24) is 15.1 Å². The summed E-state index contributed by atoms with van der Waals surface area (Å²) in [6, 6.07) is 3.18. The van der Waals surface area contributed by atoms with Gasteiger partial charge in [0.05, 0.1) is 11.6 Å². The Hall–Kier alpha value is -2.98. The summed E-state index contributed by atoms with van der Waals surface area (Å²) in [6.45, 7) is 3.18. The lowest BCUT2D eigenvalue weighted by atomic mass is 9.92. The van der Waals surface area contributed by atoms with Crippen LogP contribution >= 0.6 is 0 Å². The number of amides is 1. The maximum absolute atomic E-state index is 13.9. The second kappa shape index (κ2) is 8.18. The van der Waals surface area contributed by atoms with Gasteiger partial charge in [-0.1, -0.05) is 0 Å². The van der Waals surface area contributed by atoms with Crippen molar-refractivity contribution in [3.05, 3.63) is 35.4 Å². The summed E-state index contributed by atoms with van der Waals surface area (Å²) in [4.78, 5) is 15.4. The highest BCUT2D eigenvalue weighted by atomic mass is 19.4. The quantitative estimate of drug-likeness (QED) is 0.700. The van der Waals surface area contributed by atoms with Crippen LogP contribution in [0.15, 0.2) is 24.3 Å². The minimum absolute atomic E-state index is 0.0530. The van der Waals surface area contributed by atoms with E-state index in [4.69, 9.17) is 0 Å². The van der Waals surface area contributed by atoms with E-state index in [9.17, 15) is 31.9 Å². The number of hydrogen-bond donors (Lipinski definition) is 1. The molecule has 0 saturated carbocycles. The maximum atomic E-state index is 13.9. The number of aromatic hydroxyl groups is 1. The average Bonchev–Trinajstić information content (AvgIpc) is 3.16. The number of halogens is 5. The van der Waals surface area contributed by atoms with Crippen LogP contribution in [0.25, 0.3) is 11.3 Å². The lowest BCUT2D eigenvalue weighted by Crippen LogP contribution is -2.49. The largest absolute Gasteiger partial charge is 0.507 e. The zero-order valence-electron chi connectivity index (χ0n) is 17.1. The number of phenols is 1. The fourth-order valence-corrected chi connectivity index (χ4v) is 4.53. The van der Waals surface area contributed by atoms with Gasteiger partial charge < -0.3 is 14.9 Å². The first-order chi connectivity index (χ1) is 15.1. The first-order valence-electron chi connectivity index (χ1n) is 10.1. The summed E-state index contributed by atoms with van der Waals surface area (Å²) in [5, 5.41) is 18.0. The number of alkyl halides is 5. The molecule has 0 bridgehead atoms. The number of likely N-dealkylation sites (tertiary alicyclic amines) is 1. The van der Waals surface area contributed by atoms with Gasteiger partial charge in [0.1, 0.15) is 11.4 Å². The summed E-state index contributed by atoms with van der Waals surface area (Å²) < 4.78 is 66.3. The summed E-state index contributed by atoms with van der Waals surface area (Å²) in [5.41, 5.74) is -2.27. The zero-order chi connectivity index (χ0) is 23.2. The molecule has 0 aliphatic carbocycles. The number of phenolic OH excluding ortho intramolecular Hbond substituents is 1. The molecule has 3 heterocycles. The molecule has 2 aromatic rings. The number of carbonyl (C=O) groups is 1. The van der Waals surface area contributed by atoms with Gasteiger partial charge in [-0.25, -0.2) is 8.78 Å². The van der Waals surface area contributed by atoms with E-state index in [0.717, 1.165) is 18.9 Å². The molecular formula is C21H21F5N4O2. The highest BCUT2D eigenvalue weighted by Gasteiger charge is 2.40. The predicted molar refractivity (Wildman–Crippen MR) is 105 cm³/mol. The third kappa shape index (κ3) is 4.07. The van der Waals surface area contributed by atoms with Gasteiger partial charge in [0.25, 0.3) is 6.43 Å². The van der Waals surface area contributed by atoms with Crippen molar-refractivity contribution >= 4 is 11.7 Å². The van der Waals surface area contributed by atoms with Gasteiger partial charge in [-0.15, -0.1) is 10.2 Å². The van der Waals surface area contributed by atoms with Crippen molar-refractivity contribution in [2.24, 2.45) is 5.92 Å². The fraction of sp³-hybridized carbons (Fsp3) is 0.476. The molecular weight excluding hydrogens is 435 g/mol. The Balaban J connectivity index is 1.68. The number of benzene rings is 1. The Bertz CT molecular complexity index is 1030. The second-order valence-corrected chi connectivity index (χ2v) is 8.10. The van der Waals surface area contributed by atoms with Crippen LogP contribution < -0.4 is 4.90 Å². The van der Waals surface area contributed by atoms with Crippen molar-refractivity contribution in [3.63, 3.8) is 0 Å². The van der Waals surface area contributed by atoms with E-state index in [1.54, 1.807) is 4.90 Å². The van der Waals surface area contributed by atoms with Crippen LogP contribution in [0.1, 0.15) is 37.3 Å². The van der Waals surface area contributed by atoms with E-state index in [0.29, 0.717) is 37.7 Å². The molecule has 172 valence electrons. The third-order valence-corrected chi connectivity index (χ3v) is 6.23. The number of nitrogens with zero attached hydrogens (tertiary/aromatic N) is 4. The van der Waals surface area contributed by atoms with Gasteiger partial charge in [0.15, 0.2) is 5.82 Å². The number of anilines is 1. The molecule has 6 nitrogen and oxygen atoms in total. The maximum Gasteiger partial charge on any atom is 0.416 e. The monoisotopic (exact) mass is 456 g/mol. The second-order valence-electron chi connectivity index (χ2n) is 8.10. The van der Waals surface area contributed by atoms with E-state index < -0.39 is 29.5 Å². The number of aromatic nitrogens is 2.